The van der Waals surface area contributed by atoms with Crippen molar-refractivity contribution in [3.05, 3.63) is 42.2 Å². The summed E-state index contributed by atoms with van der Waals surface area (Å²) in [5, 5.41) is 14.2. The van der Waals surface area contributed by atoms with E-state index in [0.717, 1.165) is 31.7 Å². The highest BCUT2D eigenvalue weighted by Crippen LogP contribution is 2.18. The van der Waals surface area contributed by atoms with Gasteiger partial charge in [-0.05, 0) is 63.5 Å². The zero-order valence-corrected chi connectivity index (χ0v) is 18.0. The largest absolute Gasteiger partial charge is 0.340 e. The molecular weight excluding hydrogens is 394 g/mol. The number of carbonyl (C=O) groups excluding carboxylic acids is 2. The fourth-order valence-corrected chi connectivity index (χ4v) is 3.76. The number of likely N-dealkylation sites (N-methyl/N-ethyl adjacent to an activating group) is 1. The molecule has 2 aromatic rings. The average molecular weight is 426 g/mol. The van der Waals surface area contributed by atoms with Crippen molar-refractivity contribution in [2.45, 2.75) is 37.8 Å². The van der Waals surface area contributed by atoms with Crippen molar-refractivity contribution in [2.75, 3.05) is 39.8 Å². The van der Waals surface area contributed by atoms with Crippen LogP contribution in [0.4, 0.5) is 0 Å². The Labute approximate surface area is 182 Å². The second-order valence-electron chi connectivity index (χ2n) is 8.42. The van der Waals surface area contributed by atoms with Gasteiger partial charge in [0.15, 0.2) is 0 Å². The Morgan fingerprint density at radius 2 is 1.87 bits per heavy atom. The number of nitrogens with one attached hydrogen (secondary N) is 2. The highest BCUT2D eigenvalue weighted by molar-refractivity contribution is 5.97. The molecule has 2 aliphatic rings. The molecule has 0 radical (unpaired) electrons. The van der Waals surface area contributed by atoms with Crippen LogP contribution in [0.25, 0.3) is 5.69 Å². The van der Waals surface area contributed by atoms with E-state index < -0.39 is 6.04 Å². The molecule has 1 aromatic heterocycles. The third kappa shape index (κ3) is 5.89. The van der Waals surface area contributed by atoms with Gasteiger partial charge < -0.3 is 20.4 Å². The highest BCUT2D eigenvalue weighted by Gasteiger charge is 2.28. The van der Waals surface area contributed by atoms with Gasteiger partial charge in [0, 0.05) is 37.8 Å². The van der Waals surface area contributed by atoms with Crippen LogP contribution in [0.3, 0.4) is 0 Å². The maximum atomic E-state index is 13.2. The van der Waals surface area contributed by atoms with E-state index in [1.54, 1.807) is 29.2 Å². The lowest BCUT2D eigenvalue weighted by Gasteiger charge is -2.34. The van der Waals surface area contributed by atoms with E-state index in [1.807, 2.05) is 17.0 Å². The predicted octanol–water partition coefficient (Wildman–Crippen LogP) is 0.672. The minimum absolute atomic E-state index is 0.0205. The number of rotatable bonds is 9. The van der Waals surface area contributed by atoms with E-state index in [2.05, 4.69) is 32.9 Å². The van der Waals surface area contributed by atoms with Gasteiger partial charge in [0.25, 0.3) is 5.91 Å². The molecule has 2 N–H and O–H groups in total. The van der Waals surface area contributed by atoms with Gasteiger partial charge in [-0.25, -0.2) is 4.68 Å². The minimum Gasteiger partial charge on any atom is -0.340 e. The van der Waals surface area contributed by atoms with Crippen LogP contribution in [-0.2, 0) is 4.79 Å². The second-order valence-corrected chi connectivity index (χ2v) is 8.42. The van der Waals surface area contributed by atoms with Crippen molar-refractivity contribution in [3.63, 3.8) is 0 Å². The molecule has 2 amide bonds. The molecule has 2 heterocycles. The van der Waals surface area contributed by atoms with Gasteiger partial charge in [0.2, 0.25) is 5.91 Å². The quantitative estimate of drug-likeness (QED) is 0.574. The third-order valence-corrected chi connectivity index (χ3v) is 5.91. The molecule has 31 heavy (non-hydrogen) atoms. The molecule has 166 valence electrons. The summed E-state index contributed by atoms with van der Waals surface area (Å²) >= 11 is 0. The van der Waals surface area contributed by atoms with Gasteiger partial charge >= 0.3 is 0 Å². The Morgan fingerprint density at radius 3 is 2.52 bits per heavy atom. The molecule has 1 saturated heterocycles. The third-order valence-electron chi connectivity index (χ3n) is 5.91. The van der Waals surface area contributed by atoms with Crippen LogP contribution in [0.15, 0.2) is 36.7 Å². The summed E-state index contributed by atoms with van der Waals surface area (Å²) in [4.78, 5) is 30.2. The van der Waals surface area contributed by atoms with Gasteiger partial charge in [-0.1, -0.05) is 5.21 Å². The summed E-state index contributed by atoms with van der Waals surface area (Å²) in [7, 11) is 2.06. The molecule has 9 heteroatoms. The molecule has 9 nitrogen and oxygen atoms in total. The number of nitrogens with zero attached hydrogens (tertiary/aromatic N) is 5. The molecule has 4 rings (SSSR count). The number of hydrogen-bond donors (Lipinski definition) is 2. The van der Waals surface area contributed by atoms with E-state index >= 15 is 0 Å². The lowest BCUT2D eigenvalue weighted by molar-refractivity contribution is -0.135. The number of hydrogen-bond acceptors (Lipinski definition) is 6. The molecule has 1 aromatic carbocycles. The molecule has 1 atom stereocenters. The standard InChI is InChI=1S/C22H31N7O2/c1-27-13-15-28(16-14-27)22(31)20(3-2-10-23-18-6-7-18)25-21(30)17-4-8-19(9-5-17)29-12-11-24-26-29/h4-5,8-9,11-12,18,20,23H,2-3,6-7,10,13-16H2,1H3,(H,25,30)/t20-/m1/s1. The van der Waals surface area contributed by atoms with Crippen LogP contribution < -0.4 is 10.6 Å². The lowest BCUT2D eigenvalue weighted by Crippen LogP contribution is -2.54. The SMILES string of the molecule is CN1CCN(C(=O)[C@@H](CCCNC2CC2)NC(=O)c2ccc(-n3ccnn3)cc2)CC1. The maximum absolute atomic E-state index is 13.2. The number of carbonyl (C=O) groups is 2. The van der Waals surface area contributed by atoms with Gasteiger partial charge in [0.05, 0.1) is 18.1 Å². The summed E-state index contributed by atoms with van der Waals surface area (Å²) < 4.78 is 1.63. The first-order chi connectivity index (χ1) is 15.1. The second kappa shape index (κ2) is 10.0. The summed E-state index contributed by atoms with van der Waals surface area (Å²) in [6.45, 7) is 4.00. The first kappa shape index (κ1) is 21.5. The van der Waals surface area contributed by atoms with E-state index in [9.17, 15) is 9.59 Å². The van der Waals surface area contributed by atoms with Gasteiger partial charge in [-0.15, -0.1) is 5.10 Å². The van der Waals surface area contributed by atoms with Crippen LogP contribution >= 0.6 is 0 Å². The molecule has 1 saturated carbocycles. The number of amides is 2. The molecule has 1 aliphatic heterocycles. The normalized spacial score (nSPS) is 18.0. The molecule has 0 unspecified atom stereocenters. The first-order valence-corrected chi connectivity index (χ1v) is 11.1. The predicted molar refractivity (Wildman–Crippen MR) is 117 cm³/mol. The number of aromatic nitrogens is 3. The smallest absolute Gasteiger partial charge is 0.251 e. The van der Waals surface area contributed by atoms with Gasteiger partial charge in [-0.3, -0.25) is 9.59 Å². The molecule has 1 aliphatic carbocycles. The van der Waals surface area contributed by atoms with Crippen LogP contribution in [0.1, 0.15) is 36.0 Å². The monoisotopic (exact) mass is 425 g/mol. The van der Waals surface area contributed by atoms with Crippen molar-refractivity contribution < 1.29 is 9.59 Å². The topological polar surface area (TPSA) is 95.4 Å². The first-order valence-electron chi connectivity index (χ1n) is 11.1. The average Bonchev–Trinajstić information content (AvgIpc) is 3.45. The summed E-state index contributed by atoms with van der Waals surface area (Å²) in [5.74, 6) is -0.208. The van der Waals surface area contributed by atoms with Crippen LogP contribution in [0.5, 0.6) is 0 Å². The lowest BCUT2D eigenvalue weighted by atomic mass is 10.1. The van der Waals surface area contributed by atoms with Crippen LogP contribution in [0.2, 0.25) is 0 Å². The fourth-order valence-electron chi connectivity index (χ4n) is 3.76. The summed E-state index contributed by atoms with van der Waals surface area (Å²) in [5.41, 5.74) is 1.35. The Kier molecular flexibility index (Phi) is 6.93. The van der Waals surface area contributed by atoms with Gasteiger partial charge in [-0.2, -0.15) is 0 Å². The minimum atomic E-state index is -0.507. The molecule has 0 spiro atoms. The zero-order valence-electron chi connectivity index (χ0n) is 18.0. The van der Waals surface area contributed by atoms with E-state index in [0.29, 0.717) is 31.1 Å². The van der Waals surface area contributed by atoms with Crippen LogP contribution in [0, 0.1) is 0 Å². The number of piperazine rings is 1. The molecular formula is C22H31N7O2. The summed E-state index contributed by atoms with van der Waals surface area (Å²) in [6.07, 6.45) is 7.32. The highest BCUT2D eigenvalue weighted by atomic mass is 16.2. The van der Waals surface area contributed by atoms with Crippen molar-refractivity contribution in [1.29, 1.82) is 0 Å². The van der Waals surface area contributed by atoms with E-state index in [-0.39, 0.29) is 11.8 Å². The summed E-state index contributed by atoms with van der Waals surface area (Å²) in [6, 6.07) is 7.27. The van der Waals surface area contributed by atoms with E-state index in [4.69, 9.17) is 0 Å². The molecule has 0 bridgehead atoms. The molecule has 2 fully saturated rings. The maximum Gasteiger partial charge on any atom is 0.251 e. The van der Waals surface area contributed by atoms with Crippen molar-refractivity contribution in [1.82, 2.24) is 35.4 Å². The Bertz CT molecular complexity index is 856. The Balaban J connectivity index is 1.38. The Hall–Kier alpha value is -2.78. The number of benzene rings is 1. The van der Waals surface area contributed by atoms with Crippen molar-refractivity contribution >= 4 is 11.8 Å². The Morgan fingerprint density at radius 1 is 1.13 bits per heavy atom. The van der Waals surface area contributed by atoms with Crippen LogP contribution in [-0.4, -0.2) is 88.5 Å². The fraction of sp³-hybridized carbons (Fsp3) is 0.545. The van der Waals surface area contributed by atoms with Crippen molar-refractivity contribution in [2.24, 2.45) is 0 Å². The van der Waals surface area contributed by atoms with Crippen molar-refractivity contribution in [3.8, 4) is 5.69 Å². The zero-order chi connectivity index (χ0) is 21.6. The van der Waals surface area contributed by atoms with Gasteiger partial charge in [0.1, 0.15) is 6.04 Å². The van der Waals surface area contributed by atoms with E-state index in [1.165, 1.54) is 12.8 Å².